The fourth-order valence-corrected chi connectivity index (χ4v) is 2.29. The smallest absolute Gasteiger partial charge is 0.248 e. The highest BCUT2D eigenvalue weighted by atomic mass is 16.7. The van der Waals surface area contributed by atoms with E-state index in [0.717, 1.165) is 17.7 Å². The fourth-order valence-electron chi connectivity index (χ4n) is 2.29. The molecule has 0 bridgehead atoms. The molecule has 0 fully saturated rings. The molecule has 0 radical (unpaired) electrons. The number of amides is 1. The Hall–Kier alpha value is -2.95. The van der Waals surface area contributed by atoms with E-state index in [1.54, 1.807) is 24.3 Å². The van der Waals surface area contributed by atoms with Crippen LogP contribution in [0.4, 0.5) is 5.69 Å². The molecule has 0 unspecified atom stereocenters. The molecule has 1 amide bonds. The number of carbonyl (C=O) groups is 1. The number of ether oxygens (including phenoxy) is 3. The van der Waals surface area contributed by atoms with Gasteiger partial charge in [0.15, 0.2) is 11.5 Å². The summed E-state index contributed by atoms with van der Waals surface area (Å²) in [4.78, 5) is 12.1. The van der Waals surface area contributed by atoms with Crippen LogP contribution in [-0.4, -0.2) is 19.3 Å². The van der Waals surface area contributed by atoms with E-state index >= 15 is 0 Å². The van der Waals surface area contributed by atoms with Crippen molar-refractivity contribution in [2.45, 2.75) is 13.3 Å². The monoisotopic (exact) mass is 325 g/mol. The molecule has 124 valence electrons. The van der Waals surface area contributed by atoms with Crippen molar-refractivity contribution in [3.63, 3.8) is 0 Å². The Kier molecular flexibility index (Phi) is 5.01. The summed E-state index contributed by atoms with van der Waals surface area (Å²) in [6.45, 7) is 2.91. The molecular formula is C19H19NO4. The fraction of sp³-hybridized carbons (Fsp3) is 0.211. The summed E-state index contributed by atoms with van der Waals surface area (Å²) in [6.07, 6.45) is 4.16. The van der Waals surface area contributed by atoms with E-state index < -0.39 is 0 Å². The number of nitrogens with one attached hydrogen (secondary N) is 1. The second-order valence-corrected chi connectivity index (χ2v) is 5.28. The number of fused-ring (bicyclic) bond motifs is 1. The Morgan fingerprint density at radius 3 is 2.92 bits per heavy atom. The van der Waals surface area contributed by atoms with E-state index in [1.807, 2.05) is 24.3 Å². The second kappa shape index (κ2) is 7.55. The normalized spacial score (nSPS) is 12.4. The lowest BCUT2D eigenvalue weighted by Gasteiger charge is -2.07. The van der Waals surface area contributed by atoms with Gasteiger partial charge >= 0.3 is 0 Å². The minimum Gasteiger partial charge on any atom is -0.493 e. The van der Waals surface area contributed by atoms with Crippen LogP contribution in [0.3, 0.4) is 0 Å². The lowest BCUT2D eigenvalue weighted by molar-refractivity contribution is -0.111. The molecule has 2 aromatic carbocycles. The van der Waals surface area contributed by atoms with Gasteiger partial charge in [-0.2, -0.15) is 0 Å². The first kappa shape index (κ1) is 15.9. The summed E-state index contributed by atoms with van der Waals surface area (Å²) in [5.74, 6) is 1.87. The van der Waals surface area contributed by atoms with Crippen molar-refractivity contribution in [2.24, 2.45) is 0 Å². The predicted octanol–water partition coefficient (Wildman–Crippen LogP) is 3.86. The van der Waals surface area contributed by atoms with Gasteiger partial charge in [-0.05, 0) is 30.7 Å². The zero-order valence-electron chi connectivity index (χ0n) is 13.5. The highest BCUT2D eigenvalue weighted by Gasteiger charge is 2.13. The van der Waals surface area contributed by atoms with Crippen molar-refractivity contribution in [2.75, 3.05) is 18.7 Å². The molecule has 0 aromatic heterocycles. The minimum atomic E-state index is -0.223. The van der Waals surface area contributed by atoms with Crippen molar-refractivity contribution in [1.29, 1.82) is 0 Å². The molecule has 0 saturated carbocycles. The van der Waals surface area contributed by atoms with Gasteiger partial charge in [0.2, 0.25) is 12.7 Å². The number of hydrogen-bond donors (Lipinski definition) is 1. The molecule has 0 saturated heterocycles. The minimum absolute atomic E-state index is 0.210. The maximum absolute atomic E-state index is 12.1. The van der Waals surface area contributed by atoms with Crippen molar-refractivity contribution < 1.29 is 19.0 Å². The molecule has 1 N–H and O–H groups in total. The molecule has 3 rings (SSSR count). The van der Waals surface area contributed by atoms with Crippen molar-refractivity contribution in [1.82, 2.24) is 0 Å². The van der Waals surface area contributed by atoms with Crippen molar-refractivity contribution in [3.8, 4) is 17.2 Å². The summed E-state index contributed by atoms with van der Waals surface area (Å²) < 4.78 is 16.2. The van der Waals surface area contributed by atoms with Crippen LogP contribution in [0.1, 0.15) is 18.9 Å². The second-order valence-electron chi connectivity index (χ2n) is 5.28. The van der Waals surface area contributed by atoms with E-state index in [2.05, 4.69) is 12.2 Å². The zero-order valence-corrected chi connectivity index (χ0v) is 13.5. The SMILES string of the molecule is CCCOc1ccccc1C=CC(=O)Nc1ccc2c(c1)OCO2. The number of benzene rings is 2. The van der Waals surface area contributed by atoms with Gasteiger partial charge in [-0.15, -0.1) is 0 Å². The molecule has 1 aliphatic rings. The van der Waals surface area contributed by atoms with E-state index in [4.69, 9.17) is 14.2 Å². The topological polar surface area (TPSA) is 56.8 Å². The Morgan fingerprint density at radius 2 is 2.04 bits per heavy atom. The summed E-state index contributed by atoms with van der Waals surface area (Å²) >= 11 is 0. The molecule has 1 aliphatic heterocycles. The molecule has 0 spiro atoms. The van der Waals surface area contributed by atoms with Crippen LogP contribution in [0.5, 0.6) is 17.2 Å². The predicted molar refractivity (Wildman–Crippen MR) is 92.5 cm³/mol. The molecular weight excluding hydrogens is 306 g/mol. The summed E-state index contributed by atoms with van der Waals surface area (Å²) in [5, 5.41) is 2.80. The van der Waals surface area contributed by atoms with E-state index in [9.17, 15) is 4.79 Å². The van der Waals surface area contributed by atoms with Crippen molar-refractivity contribution >= 4 is 17.7 Å². The van der Waals surface area contributed by atoms with Gasteiger partial charge in [-0.25, -0.2) is 0 Å². The molecule has 0 aliphatic carbocycles. The highest BCUT2D eigenvalue weighted by molar-refractivity contribution is 6.02. The molecule has 5 nitrogen and oxygen atoms in total. The van der Waals surface area contributed by atoms with Crippen LogP contribution >= 0.6 is 0 Å². The van der Waals surface area contributed by atoms with E-state index in [1.165, 1.54) is 6.08 Å². The number of para-hydroxylation sites is 1. The highest BCUT2D eigenvalue weighted by Crippen LogP contribution is 2.34. The third-order valence-electron chi connectivity index (χ3n) is 3.44. The van der Waals surface area contributed by atoms with Crippen LogP contribution in [-0.2, 0) is 4.79 Å². The molecule has 5 heteroatoms. The third-order valence-corrected chi connectivity index (χ3v) is 3.44. The summed E-state index contributed by atoms with van der Waals surface area (Å²) in [7, 11) is 0. The van der Waals surface area contributed by atoms with E-state index in [-0.39, 0.29) is 12.7 Å². The summed E-state index contributed by atoms with van der Waals surface area (Å²) in [5.41, 5.74) is 1.52. The molecule has 0 atom stereocenters. The van der Waals surface area contributed by atoms with Crippen LogP contribution in [0.2, 0.25) is 0 Å². The van der Waals surface area contributed by atoms with Crippen molar-refractivity contribution in [3.05, 3.63) is 54.1 Å². The Labute approximate surface area is 140 Å². The standard InChI is InChI=1S/C19H19NO4/c1-2-11-22-16-6-4-3-5-14(16)7-10-19(21)20-15-8-9-17-18(12-15)24-13-23-17/h3-10,12H,2,11,13H2,1H3,(H,20,21). The Morgan fingerprint density at radius 1 is 1.21 bits per heavy atom. The van der Waals surface area contributed by atoms with Crippen LogP contribution in [0.25, 0.3) is 6.08 Å². The zero-order chi connectivity index (χ0) is 16.8. The quantitative estimate of drug-likeness (QED) is 0.820. The molecule has 24 heavy (non-hydrogen) atoms. The van der Waals surface area contributed by atoms with E-state index in [0.29, 0.717) is 23.8 Å². The average Bonchev–Trinajstić information content (AvgIpc) is 3.06. The average molecular weight is 325 g/mol. The maximum Gasteiger partial charge on any atom is 0.248 e. The lowest BCUT2D eigenvalue weighted by atomic mass is 10.2. The number of hydrogen-bond acceptors (Lipinski definition) is 4. The lowest BCUT2D eigenvalue weighted by Crippen LogP contribution is -2.07. The number of rotatable bonds is 6. The van der Waals surface area contributed by atoms with Gasteiger partial charge in [0.25, 0.3) is 0 Å². The van der Waals surface area contributed by atoms with Gasteiger partial charge in [0, 0.05) is 23.4 Å². The van der Waals surface area contributed by atoms with Gasteiger partial charge in [0.05, 0.1) is 6.61 Å². The summed E-state index contributed by atoms with van der Waals surface area (Å²) in [6, 6.07) is 12.9. The first-order chi connectivity index (χ1) is 11.8. The largest absolute Gasteiger partial charge is 0.493 e. The van der Waals surface area contributed by atoms with Gasteiger partial charge in [-0.1, -0.05) is 25.1 Å². The van der Waals surface area contributed by atoms with Gasteiger partial charge in [0.1, 0.15) is 5.75 Å². The number of anilines is 1. The van der Waals surface area contributed by atoms with Gasteiger partial charge < -0.3 is 19.5 Å². The molecule has 2 aromatic rings. The van der Waals surface area contributed by atoms with Gasteiger partial charge in [-0.3, -0.25) is 4.79 Å². The first-order valence-electron chi connectivity index (χ1n) is 7.87. The third kappa shape index (κ3) is 3.87. The molecule has 1 heterocycles. The maximum atomic E-state index is 12.1. The Bertz CT molecular complexity index is 755. The van der Waals surface area contributed by atoms with Crippen LogP contribution < -0.4 is 19.5 Å². The first-order valence-corrected chi connectivity index (χ1v) is 7.87. The Balaban J connectivity index is 1.65. The number of carbonyl (C=O) groups excluding carboxylic acids is 1. The van der Waals surface area contributed by atoms with Crippen LogP contribution in [0, 0.1) is 0 Å². The van der Waals surface area contributed by atoms with Crippen LogP contribution in [0.15, 0.2) is 48.5 Å².